The van der Waals surface area contributed by atoms with Crippen LogP contribution in [0.2, 0.25) is 0 Å². The molecule has 0 saturated carbocycles. The Balaban J connectivity index is 1.70. The first-order valence-corrected chi connectivity index (χ1v) is 8.56. The number of fused-ring (bicyclic) bond motifs is 1. The summed E-state index contributed by atoms with van der Waals surface area (Å²) in [5.41, 5.74) is 2.36. The van der Waals surface area contributed by atoms with Crippen LogP contribution in [0.3, 0.4) is 0 Å². The summed E-state index contributed by atoms with van der Waals surface area (Å²) >= 11 is 0. The standard InChI is InChI=1S/C17H15BO4S/c1-12-5-9-15(10-6-12)23(19,20)21-11-14-8-7-13-3-2-4-16(18)17(13)22-14/h2-10,14H,11H2,1H3. The molecule has 1 aliphatic heterocycles. The number of hydrogen-bond acceptors (Lipinski definition) is 4. The molecule has 6 heteroatoms. The molecule has 2 radical (unpaired) electrons. The van der Waals surface area contributed by atoms with Gasteiger partial charge in [0.25, 0.3) is 10.1 Å². The highest BCUT2D eigenvalue weighted by Crippen LogP contribution is 2.24. The van der Waals surface area contributed by atoms with Crippen LogP contribution in [0.1, 0.15) is 11.1 Å². The van der Waals surface area contributed by atoms with E-state index >= 15 is 0 Å². The van der Waals surface area contributed by atoms with Crippen molar-refractivity contribution in [3.05, 3.63) is 59.7 Å². The van der Waals surface area contributed by atoms with Gasteiger partial charge in [-0.25, -0.2) is 0 Å². The fraction of sp³-hybridized carbons (Fsp3) is 0.176. The minimum Gasteiger partial charge on any atom is -0.484 e. The predicted molar refractivity (Wildman–Crippen MR) is 89.6 cm³/mol. The van der Waals surface area contributed by atoms with Gasteiger partial charge in [-0.2, -0.15) is 8.42 Å². The van der Waals surface area contributed by atoms with Gasteiger partial charge in [0.2, 0.25) is 0 Å². The Morgan fingerprint density at radius 2 is 1.91 bits per heavy atom. The molecule has 23 heavy (non-hydrogen) atoms. The lowest BCUT2D eigenvalue weighted by Crippen LogP contribution is -2.27. The fourth-order valence-corrected chi connectivity index (χ4v) is 3.18. The van der Waals surface area contributed by atoms with E-state index in [9.17, 15) is 8.42 Å². The maximum atomic E-state index is 12.2. The van der Waals surface area contributed by atoms with Crippen LogP contribution in [0.5, 0.6) is 5.75 Å². The molecule has 0 aliphatic carbocycles. The predicted octanol–water partition coefficient (Wildman–Crippen LogP) is 1.97. The minimum atomic E-state index is -3.81. The van der Waals surface area contributed by atoms with Gasteiger partial charge in [-0.1, -0.05) is 47.4 Å². The second kappa shape index (κ2) is 6.22. The maximum Gasteiger partial charge on any atom is 0.297 e. The van der Waals surface area contributed by atoms with E-state index in [0.717, 1.165) is 11.1 Å². The number of hydrogen-bond donors (Lipinski definition) is 0. The molecule has 0 spiro atoms. The van der Waals surface area contributed by atoms with Crippen LogP contribution in [0, 0.1) is 6.92 Å². The van der Waals surface area contributed by atoms with Crippen LogP contribution in [0.15, 0.2) is 53.4 Å². The van der Waals surface area contributed by atoms with Gasteiger partial charge in [-0.15, -0.1) is 0 Å². The first-order chi connectivity index (χ1) is 11.0. The monoisotopic (exact) mass is 326 g/mol. The zero-order valence-corrected chi connectivity index (χ0v) is 13.4. The molecular formula is C17H15BO4S. The lowest BCUT2D eigenvalue weighted by Gasteiger charge is -2.23. The van der Waals surface area contributed by atoms with Gasteiger partial charge < -0.3 is 4.74 Å². The zero-order valence-electron chi connectivity index (χ0n) is 12.6. The number of benzene rings is 2. The minimum absolute atomic E-state index is 0.111. The largest absolute Gasteiger partial charge is 0.484 e. The first kappa shape index (κ1) is 15.8. The van der Waals surface area contributed by atoms with E-state index in [1.165, 1.54) is 12.1 Å². The molecule has 2 aromatic rings. The third kappa shape index (κ3) is 3.49. The third-order valence-electron chi connectivity index (χ3n) is 3.53. The average Bonchev–Trinajstić information content (AvgIpc) is 2.54. The van der Waals surface area contributed by atoms with Crippen molar-refractivity contribution in [2.75, 3.05) is 6.61 Å². The van der Waals surface area contributed by atoms with Gasteiger partial charge in [0.05, 0.1) is 4.90 Å². The molecule has 1 atom stereocenters. The fourth-order valence-electron chi connectivity index (χ4n) is 2.26. The van der Waals surface area contributed by atoms with Crippen molar-refractivity contribution in [1.29, 1.82) is 0 Å². The van der Waals surface area contributed by atoms with Crippen LogP contribution < -0.4 is 10.2 Å². The molecule has 0 fully saturated rings. The third-order valence-corrected chi connectivity index (χ3v) is 4.83. The van der Waals surface area contributed by atoms with E-state index in [1.54, 1.807) is 24.3 Å². The van der Waals surface area contributed by atoms with E-state index in [4.69, 9.17) is 16.8 Å². The number of para-hydroxylation sites is 1. The van der Waals surface area contributed by atoms with E-state index in [1.807, 2.05) is 25.1 Å². The van der Waals surface area contributed by atoms with Crippen molar-refractivity contribution in [1.82, 2.24) is 0 Å². The van der Waals surface area contributed by atoms with Crippen LogP contribution in [0.25, 0.3) is 6.08 Å². The Morgan fingerprint density at radius 3 is 2.65 bits per heavy atom. The maximum absolute atomic E-state index is 12.2. The van der Waals surface area contributed by atoms with Gasteiger partial charge in [-0.3, -0.25) is 4.18 Å². The van der Waals surface area contributed by atoms with Crippen molar-refractivity contribution in [2.45, 2.75) is 17.9 Å². The molecule has 0 bridgehead atoms. The smallest absolute Gasteiger partial charge is 0.297 e. The molecule has 0 aromatic heterocycles. The summed E-state index contributed by atoms with van der Waals surface area (Å²) in [5, 5.41) is 0. The van der Waals surface area contributed by atoms with Crippen molar-refractivity contribution in [2.24, 2.45) is 0 Å². The number of ether oxygens (including phenoxy) is 1. The number of rotatable bonds is 4. The van der Waals surface area contributed by atoms with E-state index in [0.29, 0.717) is 11.2 Å². The molecule has 0 saturated heterocycles. The molecule has 3 rings (SSSR count). The summed E-state index contributed by atoms with van der Waals surface area (Å²) < 4.78 is 35.2. The average molecular weight is 326 g/mol. The molecule has 0 N–H and O–H groups in total. The molecule has 1 heterocycles. The van der Waals surface area contributed by atoms with Crippen molar-refractivity contribution in [3.8, 4) is 5.75 Å². The highest BCUT2D eigenvalue weighted by molar-refractivity contribution is 7.86. The molecule has 0 amide bonds. The summed E-state index contributed by atoms with van der Waals surface area (Å²) in [6, 6.07) is 11.9. The Labute approximate surface area is 137 Å². The Morgan fingerprint density at radius 1 is 1.17 bits per heavy atom. The lowest BCUT2D eigenvalue weighted by atomic mass is 9.91. The SMILES string of the molecule is [B]c1cccc2c1OC(COS(=O)(=O)c1ccc(C)cc1)C=C2. The van der Waals surface area contributed by atoms with Crippen LogP contribution in [-0.2, 0) is 14.3 Å². The second-order valence-electron chi connectivity index (χ2n) is 5.33. The summed E-state index contributed by atoms with van der Waals surface area (Å²) in [6.07, 6.45) is 3.10. The highest BCUT2D eigenvalue weighted by Gasteiger charge is 2.21. The molecule has 4 nitrogen and oxygen atoms in total. The topological polar surface area (TPSA) is 52.6 Å². The Bertz CT molecular complexity index is 841. The van der Waals surface area contributed by atoms with Crippen molar-refractivity contribution >= 4 is 29.5 Å². The summed E-state index contributed by atoms with van der Waals surface area (Å²) in [4.78, 5) is 0.128. The Kier molecular flexibility index (Phi) is 4.28. The van der Waals surface area contributed by atoms with Crippen molar-refractivity contribution < 1.29 is 17.3 Å². The summed E-state index contributed by atoms with van der Waals surface area (Å²) in [5.74, 6) is 0.552. The molecule has 1 unspecified atom stereocenters. The van der Waals surface area contributed by atoms with E-state index < -0.39 is 16.2 Å². The second-order valence-corrected chi connectivity index (χ2v) is 6.95. The van der Waals surface area contributed by atoms with E-state index in [2.05, 4.69) is 0 Å². The molecular weight excluding hydrogens is 311 g/mol. The van der Waals surface area contributed by atoms with Crippen LogP contribution in [0.4, 0.5) is 0 Å². The molecule has 2 aromatic carbocycles. The van der Waals surface area contributed by atoms with Gasteiger partial charge in [0.15, 0.2) is 0 Å². The zero-order chi connectivity index (χ0) is 16.4. The normalized spacial score (nSPS) is 16.7. The highest BCUT2D eigenvalue weighted by atomic mass is 32.2. The van der Waals surface area contributed by atoms with Crippen LogP contribution in [-0.4, -0.2) is 29.0 Å². The summed E-state index contributed by atoms with van der Waals surface area (Å²) in [6.45, 7) is 1.78. The van der Waals surface area contributed by atoms with Crippen molar-refractivity contribution in [3.63, 3.8) is 0 Å². The van der Waals surface area contributed by atoms with Gasteiger partial charge >= 0.3 is 0 Å². The van der Waals surface area contributed by atoms with Crippen LogP contribution >= 0.6 is 0 Å². The number of aryl methyl sites for hydroxylation is 1. The molecule has 116 valence electrons. The molecule has 1 aliphatic rings. The summed E-state index contributed by atoms with van der Waals surface area (Å²) in [7, 11) is 2.06. The van der Waals surface area contributed by atoms with Gasteiger partial charge in [-0.05, 0) is 25.1 Å². The van der Waals surface area contributed by atoms with Gasteiger partial charge in [0.1, 0.15) is 26.3 Å². The first-order valence-electron chi connectivity index (χ1n) is 7.15. The van der Waals surface area contributed by atoms with E-state index in [-0.39, 0.29) is 11.5 Å². The van der Waals surface area contributed by atoms with Gasteiger partial charge in [0, 0.05) is 5.56 Å². The quantitative estimate of drug-likeness (QED) is 0.637. The Hall–Kier alpha value is -2.05. The lowest BCUT2D eigenvalue weighted by molar-refractivity contribution is 0.167.